The van der Waals surface area contributed by atoms with Crippen molar-refractivity contribution in [3.8, 4) is 11.5 Å². The normalized spacial score (nSPS) is 20.0. The molecule has 2 rings (SSSR count). The average molecular weight is 301 g/mol. The van der Waals surface area contributed by atoms with Crippen molar-refractivity contribution in [1.29, 1.82) is 0 Å². The summed E-state index contributed by atoms with van der Waals surface area (Å²) in [6, 6.07) is 2.02. The fourth-order valence-corrected chi connectivity index (χ4v) is 2.41. The molecule has 0 atom stereocenters. The van der Waals surface area contributed by atoms with Crippen LogP contribution in [0.5, 0.6) is 0 Å². The Morgan fingerprint density at radius 3 is 2.14 bits per heavy atom. The van der Waals surface area contributed by atoms with Gasteiger partial charge < -0.3 is 9.31 Å². The first-order chi connectivity index (χ1) is 9.50. The summed E-state index contributed by atoms with van der Waals surface area (Å²) in [6.45, 7) is 14.9. The zero-order chi connectivity index (χ0) is 15.9. The van der Waals surface area contributed by atoms with Crippen LogP contribution in [0.2, 0.25) is 19.6 Å². The Kier molecular flexibility index (Phi) is 4.09. The molecule has 0 amide bonds. The van der Waals surface area contributed by atoms with Gasteiger partial charge in [0.05, 0.1) is 11.2 Å². The lowest BCUT2D eigenvalue weighted by molar-refractivity contribution is 0.00578. The molecule has 112 valence electrons. The van der Waals surface area contributed by atoms with Crippen LogP contribution in [0, 0.1) is 11.5 Å². The summed E-state index contributed by atoms with van der Waals surface area (Å²) in [5.41, 5.74) is 4.53. The summed E-state index contributed by atoms with van der Waals surface area (Å²) in [5, 5.41) is 0. The van der Waals surface area contributed by atoms with Crippen molar-refractivity contribution in [2.24, 2.45) is 0 Å². The van der Waals surface area contributed by atoms with E-state index in [1.165, 1.54) is 0 Å². The van der Waals surface area contributed by atoms with Gasteiger partial charge in [-0.15, -0.1) is 5.54 Å². The molecule has 0 saturated carbocycles. The van der Waals surface area contributed by atoms with E-state index in [1.807, 2.05) is 6.07 Å². The molecule has 0 aromatic carbocycles. The summed E-state index contributed by atoms with van der Waals surface area (Å²) >= 11 is 0. The maximum absolute atomic E-state index is 6.05. The molecule has 1 fully saturated rings. The van der Waals surface area contributed by atoms with Crippen molar-refractivity contribution >= 4 is 20.7 Å². The van der Waals surface area contributed by atoms with Gasteiger partial charge in [-0.3, -0.25) is 4.98 Å². The van der Waals surface area contributed by atoms with Gasteiger partial charge in [-0.05, 0) is 33.8 Å². The van der Waals surface area contributed by atoms with Crippen LogP contribution in [0.4, 0.5) is 0 Å². The Hall–Kier alpha value is -1.09. The van der Waals surface area contributed by atoms with Gasteiger partial charge in [0.1, 0.15) is 8.07 Å². The molecule has 1 aliphatic rings. The second-order valence-electron chi connectivity index (χ2n) is 7.60. The van der Waals surface area contributed by atoms with E-state index >= 15 is 0 Å². The van der Waals surface area contributed by atoms with E-state index in [-0.39, 0.29) is 18.3 Å². The minimum atomic E-state index is -1.39. The van der Waals surface area contributed by atoms with Crippen LogP contribution < -0.4 is 5.46 Å². The lowest BCUT2D eigenvalue weighted by Crippen LogP contribution is -2.41. The first-order valence-electron chi connectivity index (χ1n) is 7.34. The summed E-state index contributed by atoms with van der Waals surface area (Å²) in [5.74, 6) is 3.23. The second kappa shape index (κ2) is 5.28. The number of nitrogens with zero attached hydrogens (tertiary/aromatic N) is 1. The first-order valence-corrected chi connectivity index (χ1v) is 10.8. The monoisotopic (exact) mass is 301 g/mol. The minimum absolute atomic E-state index is 0.336. The van der Waals surface area contributed by atoms with E-state index in [1.54, 1.807) is 12.4 Å². The molecule has 1 aromatic heterocycles. The molecule has 2 heterocycles. The molecule has 0 bridgehead atoms. The summed E-state index contributed by atoms with van der Waals surface area (Å²) < 4.78 is 12.1. The average Bonchev–Trinajstić information content (AvgIpc) is 2.56. The van der Waals surface area contributed by atoms with E-state index in [0.717, 1.165) is 11.0 Å². The molecule has 1 aliphatic heterocycles. The van der Waals surface area contributed by atoms with Crippen molar-refractivity contribution in [1.82, 2.24) is 4.98 Å². The number of pyridine rings is 1. The second-order valence-corrected chi connectivity index (χ2v) is 12.3. The zero-order valence-electron chi connectivity index (χ0n) is 14.1. The van der Waals surface area contributed by atoms with Gasteiger partial charge >= 0.3 is 7.12 Å². The molecular weight excluding hydrogens is 277 g/mol. The highest BCUT2D eigenvalue weighted by Crippen LogP contribution is 2.36. The van der Waals surface area contributed by atoms with Gasteiger partial charge in [0.25, 0.3) is 0 Å². The maximum atomic E-state index is 6.05. The van der Waals surface area contributed by atoms with Crippen LogP contribution in [0.1, 0.15) is 33.3 Å². The van der Waals surface area contributed by atoms with Crippen molar-refractivity contribution < 1.29 is 9.31 Å². The topological polar surface area (TPSA) is 31.4 Å². The third kappa shape index (κ3) is 3.76. The molecule has 1 saturated heterocycles. The quantitative estimate of drug-likeness (QED) is 0.590. The Morgan fingerprint density at radius 2 is 1.62 bits per heavy atom. The summed E-state index contributed by atoms with van der Waals surface area (Å²) in [6.07, 6.45) is 3.59. The van der Waals surface area contributed by atoms with E-state index in [2.05, 4.69) is 63.8 Å². The van der Waals surface area contributed by atoms with Crippen LogP contribution in [-0.2, 0) is 9.31 Å². The third-order valence-corrected chi connectivity index (χ3v) is 4.74. The molecule has 21 heavy (non-hydrogen) atoms. The number of hydrogen-bond acceptors (Lipinski definition) is 3. The number of hydrogen-bond donors (Lipinski definition) is 0. The fraction of sp³-hybridized carbons (Fsp3) is 0.562. The Bertz CT molecular complexity index is 580. The van der Waals surface area contributed by atoms with Crippen molar-refractivity contribution in [2.75, 3.05) is 0 Å². The van der Waals surface area contributed by atoms with Gasteiger partial charge in [-0.2, -0.15) is 0 Å². The molecular formula is C16H24BNO2Si. The third-order valence-electron chi connectivity index (χ3n) is 3.87. The van der Waals surface area contributed by atoms with Crippen LogP contribution in [0.3, 0.4) is 0 Å². The summed E-state index contributed by atoms with van der Waals surface area (Å²) in [7, 11) is -1.76. The largest absolute Gasteiger partial charge is 0.496 e. The van der Waals surface area contributed by atoms with Gasteiger partial charge in [-0.25, -0.2) is 0 Å². The highest BCUT2D eigenvalue weighted by Gasteiger charge is 2.51. The summed E-state index contributed by atoms with van der Waals surface area (Å²) in [4.78, 5) is 4.28. The molecule has 0 radical (unpaired) electrons. The van der Waals surface area contributed by atoms with Crippen LogP contribution in [0.25, 0.3) is 0 Å². The molecule has 0 unspecified atom stereocenters. The fourth-order valence-electron chi connectivity index (χ4n) is 1.89. The highest BCUT2D eigenvalue weighted by molar-refractivity contribution is 6.83. The Labute approximate surface area is 129 Å². The van der Waals surface area contributed by atoms with E-state index in [9.17, 15) is 0 Å². The smallest absolute Gasteiger partial charge is 0.399 e. The van der Waals surface area contributed by atoms with Crippen LogP contribution >= 0.6 is 0 Å². The molecule has 0 N–H and O–H groups in total. The number of rotatable bonds is 1. The van der Waals surface area contributed by atoms with Gasteiger partial charge in [0.2, 0.25) is 0 Å². The van der Waals surface area contributed by atoms with Crippen molar-refractivity contribution in [3.05, 3.63) is 24.0 Å². The number of aromatic nitrogens is 1. The Morgan fingerprint density at radius 1 is 1.05 bits per heavy atom. The lowest BCUT2D eigenvalue weighted by atomic mass is 9.80. The molecule has 1 aromatic rings. The zero-order valence-corrected chi connectivity index (χ0v) is 15.1. The molecule has 3 nitrogen and oxygen atoms in total. The Balaban J connectivity index is 2.25. The molecule has 0 aliphatic carbocycles. The molecule has 0 spiro atoms. The SMILES string of the molecule is CC1(C)OB(c2cncc(C#C[Si](C)(C)C)c2)OC1(C)C. The van der Waals surface area contributed by atoms with Gasteiger partial charge in [0.15, 0.2) is 0 Å². The predicted octanol–water partition coefficient (Wildman–Crippen LogP) is 2.61. The lowest BCUT2D eigenvalue weighted by Gasteiger charge is -2.32. The molecule has 5 heteroatoms. The first kappa shape index (κ1) is 16.3. The van der Waals surface area contributed by atoms with E-state index in [0.29, 0.717) is 0 Å². The minimum Gasteiger partial charge on any atom is -0.399 e. The van der Waals surface area contributed by atoms with Crippen molar-refractivity contribution in [2.45, 2.75) is 58.5 Å². The van der Waals surface area contributed by atoms with E-state index in [4.69, 9.17) is 9.31 Å². The maximum Gasteiger partial charge on any atom is 0.496 e. The predicted molar refractivity (Wildman–Crippen MR) is 90.2 cm³/mol. The van der Waals surface area contributed by atoms with E-state index < -0.39 is 8.07 Å². The van der Waals surface area contributed by atoms with Gasteiger partial charge in [0, 0.05) is 23.4 Å². The standard InChI is InChI=1S/C16H24BNO2Si/c1-15(2)16(3,4)20-17(19-15)14-10-13(11-18-12-14)8-9-21(5,6)7/h10-12H,1-7H3. The van der Waals surface area contributed by atoms with Crippen LogP contribution in [0.15, 0.2) is 18.5 Å². The highest BCUT2D eigenvalue weighted by atomic mass is 28.3. The van der Waals surface area contributed by atoms with Gasteiger partial charge in [-0.1, -0.05) is 25.6 Å². The van der Waals surface area contributed by atoms with Crippen molar-refractivity contribution in [3.63, 3.8) is 0 Å². The van der Waals surface area contributed by atoms with Crippen LogP contribution in [-0.4, -0.2) is 31.4 Å².